The van der Waals surface area contributed by atoms with Crippen LogP contribution in [-0.4, -0.2) is 25.0 Å². The van der Waals surface area contributed by atoms with Gasteiger partial charge >= 0.3 is 5.97 Å². The molecule has 1 N–H and O–H groups in total. The first kappa shape index (κ1) is 16.6. The van der Waals surface area contributed by atoms with Crippen molar-refractivity contribution in [2.45, 2.75) is 31.7 Å². The van der Waals surface area contributed by atoms with E-state index in [0.717, 1.165) is 0 Å². The van der Waals surface area contributed by atoms with Crippen LogP contribution in [0.25, 0.3) is 0 Å². The number of hydrogen-bond acceptors (Lipinski definition) is 4. The molecule has 1 aromatic rings. The molecule has 0 heterocycles. The maximum Gasteiger partial charge on any atom is 0.328 e. The molecule has 0 radical (unpaired) electrons. The van der Waals surface area contributed by atoms with E-state index in [9.17, 15) is 14.0 Å². The number of carbonyl (C=O) groups excluding carboxylic acids is 2. The van der Waals surface area contributed by atoms with Crippen LogP contribution in [0.2, 0.25) is 0 Å². The maximum atomic E-state index is 12.8. The Kier molecular flexibility index (Phi) is 6.88. The summed E-state index contributed by atoms with van der Waals surface area (Å²) in [4.78, 5) is 23.5. The largest absolute Gasteiger partial charge is 0.467 e. The lowest BCUT2D eigenvalue weighted by Gasteiger charge is -2.15. The number of nitrogens with zero attached hydrogens (tertiary/aromatic N) is 1. The molecule has 0 spiro atoms. The van der Waals surface area contributed by atoms with Crippen LogP contribution in [0.3, 0.4) is 0 Å². The van der Waals surface area contributed by atoms with Crippen molar-refractivity contribution < 1.29 is 18.7 Å². The molecular weight excluding hydrogens is 275 g/mol. The van der Waals surface area contributed by atoms with Gasteiger partial charge in [-0.3, -0.25) is 4.79 Å². The molecule has 1 rings (SSSR count). The fourth-order valence-electron chi connectivity index (χ4n) is 1.81. The van der Waals surface area contributed by atoms with E-state index in [-0.39, 0.29) is 18.1 Å². The average molecular weight is 292 g/mol. The highest BCUT2D eigenvalue weighted by Gasteiger charge is 2.20. The van der Waals surface area contributed by atoms with Crippen molar-refractivity contribution >= 4 is 11.9 Å². The van der Waals surface area contributed by atoms with E-state index in [1.807, 2.05) is 6.07 Å². The molecule has 0 saturated heterocycles. The number of unbranched alkanes of at least 4 members (excludes halogenated alkanes) is 1. The zero-order valence-corrected chi connectivity index (χ0v) is 11.8. The Balaban J connectivity index is 2.56. The van der Waals surface area contributed by atoms with E-state index >= 15 is 0 Å². The summed E-state index contributed by atoms with van der Waals surface area (Å²) in [6, 6.07) is 6.78. The number of ether oxygens (including phenoxy) is 1. The molecule has 0 aliphatic carbocycles. The highest BCUT2D eigenvalue weighted by molar-refractivity contribution is 5.85. The zero-order chi connectivity index (χ0) is 15.7. The third-order valence-electron chi connectivity index (χ3n) is 2.88. The van der Waals surface area contributed by atoms with Gasteiger partial charge in [-0.25, -0.2) is 9.18 Å². The van der Waals surface area contributed by atoms with Gasteiger partial charge in [0.15, 0.2) is 0 Å². The monoisotopic (exact) mass is 292 g/mol. The molecule has 0 aromatic heterocycles. The van der Waals surface area contributed by atoms with Crippen LogP contribution in [0, 0.1) is 17.1 Å². The minimum atomic E-state index is -0.767. The molecular formula is C15H17FN2O3. The molecule has 5 nitrogen and oxygen atoms in total. The number of esters is 1. The van der Waals surface area contributed by atoms with Gasteiger partial charge in [0.25, 0.3) is 0 Å². The van der Waals surface area contributed by atoms with E-state index in [2.05, 4.69) is 10.1 Å². The number of halogens is 1. The van der Waals surface area contributed by atoms with Crippen molar-refractivity contribution in [2.24, 2.45) is 0 Å². The molecule has 112 valence electrons. The van der Waals surface area contributed by atoms with Crippen molar-refractivity contribution in [1.82, 2.24) is 5.32 Å². The van der Waals surface area contributed by atoms with E-state index in [4.69, 9.17) is 5.26 Å². The van der Waals surface area contributed by atoms with Gasteiger partial charge in [0, 0.05) is 6.42 Å². The standard InChI is InChI=1S/C15H17FN2O3/c1-21-15(20)13(4-2-3-9-17)18-14(19)10-11-5-7-12(16)8-6-11/h5-8,13H,2-4,10H2,1H3,(H,18,19)/t13-/m0/s1. The SMILES string of the molecule is COC(=O)[C@H](CCCC#N)NC(=O)Cc1ccc(F)cc1. The van der Waals surface area contributed by atoms with Crippen LogP contribution in [-0.2, 0) is 20.7 Å². The minimum absolute atomic E-state index is 0.0476. The second kappa shape index (κ2) is 8.69. The van der Waals surface area contributed by atoms with Gasteiger partial charge in [0.05, 0.1) is 19.6 Å². The van der Waals surface area contributed by atoms with Gasteiger partial charge in [-0.2, -0.15) is 5.26 Å². The second-order valence-electron chi connectivity index (χ2n) is 4.50. The Hall–Kier alpha value is -2.42. The van der Waals surface area contributed by atoms with Gasteiger partial charge in [-0.05, 0) is 30.5 Å². The number of amides is 1. The summed E-state index contributed by atoms with van der Waals surface area (Å²) in [5.41, 5.74) is 0.648. The minimum Gasteiger partial charge on any atom is -0.467 e. The maximum absolute atomic E-state index is 12.8. The van der Waals surface area contributed by atoms with Gasteiger partial charge in [-0.1, -0.05) is 12.1 Å². The first-order valence-electron chi connectivity index (χ1n) is 6.55. The summed E-state index contributed by atoms with van der Waals surface area (Å²) in [5, 5.41) is 11.1. The Labute approximate surface area is 122 Å². The third kappa shape index (κ3) is 6.04. The predicted octanol–water partition coefficient (Wildman–Crippen LogP) is 1.72. The highest BCUT2D eigenvalue weighted by Crippen LogP contribution is 2.06. The van der Waals surface area contributed by atoms with E-state index in [1.165, 1.54) is 31.4 Å². The molecule has 0 aliphatic rings. The highest BCUT2D eigenvalue weighted by atomic mass is 19.1. The van der Waals surface area contributed by atoms with Crippen molar-refractivity contribution in [3.05, 3.63) is 35.6 Å². The summed E-state index contributed by atoms with van der Waals surface area (Å²) >= 11 is 0. The first-order valence-corrected chi connectivity index (χ1v) is 6.55. The van der Waals surface area contributed by atoms with Crippen molar-refractivity contribution in [1.29, 1.82) is 5.26 Å². The van der Waals surface area contributed by atoms with Gasteiger partial charge in [-0.15, -0.1) is 0 Å². The van der Waals surface area contributed by atoms with Crippen molar-refractivity contribution in [3.63, 3.8) is 0 Å². The summed E-state index contributed by atoms with van der Waals surface area (Å²) in [7, 11) is 1.24. The average Bonchev–Trinajstić information content (AvgIpc) is 2.48. The van der Waals surface area contributed by atoms with Crippen LogP contribution in [0.5, 0.6) is 0 Å². The second-order valence-corrected chi connectivity index (χ2v) is 4.50. The molecule has 0 unspecified atom stereocenters. The lowest BCUT2D eigenvalue weighted by molar-refractivity contribution is -0.145. The van der Waals surface area contributed by atoms with Gasteiger partial charge in [0.1, 0.15) is 11.9 Å². The molecule has 1 amide bonds. The van der Waals surface area contributed by atoms with E-state index < -0.39 is 12.0 Å². The lowest BCUT2D eigenvalue weighted by Crippen LogP contribution is -2.42. The fourth-order valence-corrected chi connectivity index (χ4v) is 1.81. The number of nitriles is 1. The molecule has 1 atom stereocenters. The number of hydrogen-bond donors (Lipinski definition) is 1. The Morgan fingerprint density at radius 3 is 2.62 bits per heavy atom. The van der Waals surface area contributed by atoms with Crippen LogP contribution in [0.1, 0.15) is 24.8 Å². The normalized spacial score (nSPS) is 11.3. The number of carbonyl (C=O) groups is 2. The summed E-state index contributed by atoms with van der Waals surface area (Å²) < 4.78 is 17.4. The Morgan fingerprint density at radius 1 is 1.38 bits per heavy atom. The molecule has 0 bridgehead atoms. The third-order valence-corrected chi connectivity index (χ3v) is 2.88. The van der Waals surface area contributed by atoms with Crippen LogP contribution < -0.4 is 5.32 Å². The number of methoxy groups -OCH3 is 1. The predicted molar refractivity (Wildman–Crippen MR) is 73.5 cm³/mol. The molecule has 6 heteroatoms. The summed E-state index contributed by atoms with van der Waals surface area (Å²) in [5.74, 6) is -1.27. The molecule has 0 saturated carbocycles. The Morgan fingerprint density at radius 2 is 2.05 bits per heavy atom. The van der Waals surface area contributed by atoms with Crippen LogP contribution >= 0.6 is 0 Å². The van der Waals surface area contributed by atoms with Gasteiger partial charge in [0.2, 0.25) is 5.91 Å². The molecule has 21 heavy (non-hydrogen) atoms. The smallest absolute Gasteiger partial charge is 0.328 e. The van der Waals surface area contributed by atoms with Crippen LogP contribution in [0.15, 0.2) is 24.3 Å². The number of rotatable bonds is 7. The Bertz CT molecular complexity index is 523. The van der Waals surface area contributed by atoms with Gasteiger partial charge < -0.3 is 10.1 Å². The van der Waals surface area contributed by atoms with Crippen molar-refractivity contribution in [3.8, 4) is 6.07 Å². The lowest BCUT2D eigenvalue weighted by atomic mass is 10.1. The number of nitrogens with one attached hydrogen (secondary N) is 1. The molecule has 1 aromatic carbocycles. The quantitative estimate of drug-likeness (QED) is 0.613. The first-order chi connectivity index (χ1) is 10.1. The zero-order valence-electron chi connectivity index (χ0n) is 11.8. The summed E-state index contributed by atoms with van der Waals surface area (Å²) in [6.45, 7) is 0. The molecule has 0 aliphatic heterocycles. The van der Waals surface area contributed by atoms with Crippen molar-refractivity contribution in [2.75, 3.05) is 7.11 Å². The van der Waals surface area contributed by atoms with Crippen LogP contribution in [0.4, 0.5) is 4.39 Å². The topological polar surface area (TPSA) is 79.2 Å². The molecule has 0 fully saturated rings. The van der Waals surface area contributed by atoms with E-state index in [0.29, 0.717) is 24.8 Å². The number of benzene rings is 1. The summed E-state index contributed by atoms with van der Waals surface area (Å²) in [6.07, 6.45) is 1.19. The fraction of sp³-hybridized carbons (Fsp3) is 0.400. The van der Waals surface area contributed by atoms with E-state index in [1.54, 1.807) is 0 Å².